The molecular formula is C13H14N2O2. The van der Waals surface area contributed by atoms with E-state index in [0.717, 1.165) is 35.7 Å². The van der Waals surface area contributed by atoms with Crippen LogP contribution in [0.3, 0.4) is 0 Å². The third-order valence-electron chi connectivity index (χ3n) is 3.78. The maximum atomic E-state index is 12.2. The molecule has 0 aromatic heterocycles. The number of hydrogen-bond donors (Lipinski definition) is 1. The second-order valence-corrected chi connectivity index (χ2v) is 4.49. The number of carbonyl (C=O) groups excluding carboxylic acids is 1. The summed E-state index contributed by atoms with van der Waals surface area (Å²) < 4.78 is 5.23. The van der Waals surface area contributed by atoms with Crippen LogP contribution in [0.25, 0.3) is 0 Å². The van der Waals surface area contributed by atoms with Crippen LogP contribution in [-0.2, 0) is 10.2 Å². The molecule has 1 amide bonds. The number of methoxy groups -OCH3 is 1. The zero-order chi connectivity index (χ0) is 12.0. The highest BCUT2D eigenvalue weighted by Gasteiger charge is 2.51. The van der Waals surface area contributed by atoms with E-state index in [1.54, 1.807) is 7.11 Å². The van der Waals surface area contributed by atoms with Gasteiger partial charge in [-0.1, -0.05) is 0 Å². The lowest BCUT2D eigenvalue weighted by atomic mass is 9.77. The summed E-state index contributed by atoms with van der Waals surface area (Å²) >= 11 is 0. The fourth-order valence-electron chi connectivity index (χ4n) is 2.78. The molecule has 17 heavy (non-hydrogen) atoms. The first-order valence-corrected chi connectivity index (χ1v) is 5.70. The van der Waals surface area contributed by atoms with Crippen LogP contribution >= 0.6 is 0 Å². The molecule has 2 heterocycles. The van der Waals surface area contributed by atoms with E-state index < -0.39 is 5.41 Å². The van der Waals surface area contributed by atoms with E-state index in [9.17, 15) is 4.79 Å². The zero-order valence-corrected chi connectivity index (χ0v) is 9.91. The van der Waals surface area contributed by atoms with E-state index in [-0.39, 0.29) is 5.91 Å². The van der Waals surface area contributed by atoms with Gasteiger partial charge in [0.15, 0.2) is 0 Å². The van der Waals surface area contributed by atoms with E-state index in [2.05, 4.69) is 10.3 Å². The van der Waals surface area contributed by atoms with Crippen LogP contribution in [-0.4, -0.2) is 25.3 Å². The number of rotatable bonds is 1. The summed E-state index contributed by atoms with van der Waals surface area (Å²) in [6.07, 6.45) is 0.755. The number of aliphatic imine (C=N–C) groups is 1. The fraction of sp³-hybridized carbons (Fsp3) is 0.385. The Balaban J connectivity index is 2.21. The summed E-state index contributed by atoms with van der Waals surface area (Å²) in [6, 6.07) is 5.70. The molecule has 1 atom stereocenters. The monoisotopic (exact) mass is 230 g/mol. The predicted molar refractivity (Wildman–Crippen MR) is 65.9 cm³/mol. The van der Waals surface area contributed by atoms with Gasteiger partial charge in [-0.2, -0.15) is 0 Å². The summed E-state index contributed by atoms with van der Waals surface area (Å²) in [6.45, 7) is 2.65. The Bertz CT molecular complexity index is 536. The molecule has 1 aromatic rings. The summed E-state index contributed by atoms with van der Waals surface area (Å²) in [5.74, 6) is 0.818. The number of carbonyl (C=O) groups is 1. The lowest BCUT2D eigenvalue weighted by molar-refractivity contribution is -0.118. The van der Waals surface area contributed by atoms with Crippen LogP contribution in [0, 0.1) is 0 Å². The number of benzene rings is 1. The minimum atomic E-state index is -0.552. The standard InChI is InChI=1S/C13H14N2O2/c1-8-13(5-6-14-8)10-7-9(17-2)3-4-11(10)15-12(13)16/h3-4,7H,5-6H2,1-2H3,(H,15,16). The number of fused-ring (bicyclic) bond motifs is 2. The summed E-state index contributed by atoms with van der Waals surface area (Å²) in [7, 11) is 1.63. The van der Waals surface area contributed by atoms with E-state index in [1.807, 2.05) is 25.1 Å². The first-order chi connectivity index (χ1) is 8.18. The lowest BCUT2D eigenvalue weighted by Gasteiger charge is -2.21. The van der Waals surface area contributed by atoms with Crippen LogP contribution in [0.15, 0.2) is 23.2 Å². The van der Waals surface area contributed by atoms with Crippen LogP contribution in [0.4, 0.5) is 5.69 Å². The Morgan fingerprint density at radius 2 is 2.29 bits per heavy atom. The Morgan fingerprint density at radius 3 is 2.94 bits per heavy atom. The van der Waals surface area contributed by atoms with Gasteiger partial charge in [0.1, 0.15) is 11.2 Å². The Labute approximate surface area is 99.7 Å². The van der Waals surface area contributed by atoms with Gasteiger partial charge < -0.3 is 10.1 Å². The minimum absolute atomic E-state index is 0.0412. The third kappa shape index (κ3) is 1.18. The lowest BCUT2D eigenvalue weighted by Crippen LogP contribution is -2.38. The molecular weight excluding hydrogens is 216 g/mol. The number of nitrogens with one attached hydrogen (secondary N) is 1. The van der Waals surface area contributed by atoms with Gasteiger partial charge in [0, 0.05) is 23.5 Å². The molecule has 0 fully saturated rings. The molecule has 4 nitrogen and oxygen atoms in total. The minimum Gasteiger partial charge on any atom is -0.497 e. The molecule has 1 spiro atoms. The van der Waals surface area contributed by atoms with Gasteiger partial charge in [0.05, 0.1) is 7.11 Å². The van der Waals surface area contributed by atoms with Gasteiger partial charge in [-0.05, 0) is 31.5 Å². The SMILES string of the molecule is COc1ccc2c(c1)C1(CCN=C1C)C(=O)N2. The molecule has 3 rings (SSSR count). The van der Waals surface area contributed by atoms with Gasteiger partial charge >= 0.3 is 0 Å². The fourth-order valence-corrected chi connectivity index (χ4v) is 2.78. The molecule has 0 aliphatic carbocycles. The number of nitrogens with zero attached hydrogens (tertiary/aromatic N) is 1. The second-order valence-electron chi connectivity index (χ2n) is 4.49. The summed E-state index contributed by atoms with van der Waals surface area (Å²) in [5.41, 5.74) is 2.24. The second kappa shape index (κ2) is 3.32. The van der Waals surface area contributed by atoms with E-state index >= 15 is 0 Å². The molecule has 2 aliphatic rings. The number of hydrogen-bond acceptors (Lipinski definition) is 3. The molecule has 4 heteroatoms. The van der Waals surface area contributed by atoms with Gasteiger partial charge in [0.2, 0.25) is 5.91 Å². The van der Waals surface area contributed by atoms with Crippen molar-refractivity contribution in [3.63, 3.8) is 0 Å². The Morgan fingerprint density at radius 1 is 1.47 bits per heavy atom. The smallest absolute Gasteiger partial charge is 0.240 e. The van der Waals surface area contributed by atoms with Crippen molar-refractivity contribution in [2.75, 3.05) is 19.0 Å². The number of amides is 1. The first-order valence-electron chi connectivity index (χ1n) is 5.70. The maximum absolute atomic E-state index is 12.2. The van der Waals surface area contributed by atoms with Crippen LogP contribution in [0.1, 0.15) is 18.9 Å². The molecule has 2 aliphatic heterocycles. The topological polar surface area (TPSA) is 50.7 Å². The van der Waals surface area contributed by atoms with Gasteiger partial charge in [-0.25, -0.2) is 0 Å². The molecule has 1 aromatic carbocycles. The van der Waals surface area contributed by atoms with E-state index in [0.29, 0.717) is 0 Å². The van der Waals surface area contributed by atoms with Gasteiger partial charge in [0.25, 0.3) is 0 Å². The molecule has 88 valence electrons. The van der Waals surface area contributed by atoms with Crippen LogP contribution < -0.4 is 10.1 Å². The predicted octanol–water partition coefficient (Wildman–Crippen LogP) is 1.75. The quantitative estimate of drug-likeness (QED) is 0.799. The highest BCUT2D eigenvalue weighted by atomic mass is 16.5. The Hall–Kier alpha value is -1.84. The van der Waals surface area contributed by atoms with E-state index in [4.69, 9.17) is 4.74 Å². The summed E-state index contributed by atoms with van der Waals surface area (Å²) in [5, 5.41) is 2.94. The highest BCUT2D eigenvalue weighted by Crippen LogP contribution is 2.45. The molecule has 0 radical (unpaired) electrons. The average Bonchev–Trinajstić information content (AvgIpc) is 2.84. The zero-order valence-electron chi connectivity index (χ0n) is 9.91. The van der Waals surface area contributed by atoms with Crippen molar-refractivity contribution in [1.29, 1.82) is 0 Å². The van der Waals surface area contributed by atoms with Gasteiger partial charge in [-0.3, -0.25) is 9.79 Å². The third-order valence-corrected chi connectivity index (χ3v) is 3.78. The number of ether oxygens (including phenoxy) is 1. The molecule has 0 saturated carbocycles. The van der Waals surface area contributed by atoms with Crippen LogP contribution in [0.2, 0.25) is 0 Å². The number of anilines is 1. The van der Waals surface area contributed by atoms with E-state index in [1.165, 1.54) is 0 Å². The first kappa shape index (κ1) is 10.3. The summed E-state index contributed by atoms with van der Waals surface area (Å²) in [4.78, 5) is 16.6. The van der Waals surface area contributed by atoms with Crippen LogP contribution in [0.5, 0.6) is 5.75 Å². The molecule has 1 N–H and O–H groups in total. The van der Waals surface area contributed by atoms with Crippen molar-refractivity contribution >= 4 is 17.3 Å². The normalized spacial score (nSPS) is 25.8. The van der Waals surface area contributed by atoms with Crippen molar-refractivity contribution in [2.24, 2.45) is 4.99 Å². The maximum Gasteiger partial charge on any atom is 0.240 e. The highest BCUT2D eigenvalue weighted by molar-refractivity contribution is 6.23. The largest absolute Gasteiger partial charge is 0.497 e. The van der Waals surface area contributed by atoms with Crippen molar-refractivity contribution in [2.45, 2.75) is 18.8 Å². The molecule has 0 saturated heterocycles. The van der Waals surface area contributed by atoms with Crippen molar-refractivity contribution in [1.82, 2.24) is 0 Å². The molecule has 0 bridgehead atoms. The molecule has 1 unspecified atom stereocenters. The van der Waals surface area contributed by atoms with Crippen molar-refractivity contribution in [3.8, 4) is 5.75 Å². The van der Waals surface area contributed by atoms with Crippen molar-refractivity contribution in [3.05, 3.63) is 23.8 Å². The van der Waals surface area contributed by atoms with Crippen molar-refractivity contribution < 1.29 is 9.53 Å². The Kier molecular flexibility index (Phi) is 2.02. The average molecular weight is 230 g/mol. The van der Waals surface area contributed by atoms with Gasteiger partial charge in [-0.15, -0.1) is 0 Å².